The fraction of sp³-hybridized carbons (Fsp3) is 0.632. The predicted molar refractivity (Wildman–Crippen MR) is 97.2 cm³/mol. The molecule has 1 aromatic rings. The number of carbonyl (C=O) groups is 1. The Morgan fingerprint density at radius 1 is 1.17 bits per heavy atom. The van der Waals surface area contributed by atoms with Crippen LogP contribution in [0.2, 0.25) is 0 Å². The van der Waals surface area contributed by atoms with Gasteiger partial charge in [0.25, 0.3) is 0 Å². The fourth-order valence-corrected chi connectivity index (χ4v) is 3.06. The van der Waals surface area contributed by atoms with Crippen molar-refractivity contribution >= 4 is 5.91 Å². The molecule has 0 unspecified atom stereocenters. The minimum atomic E-state index is -0.0717. The Morgan fingerprint density at radius 2 is 1.83 bits per heavy atom. The average Bonchev–Trinajstić information content (AvgIpc) is 2.64. The van der Waals surface area contributed by atoms with Gasteiger partial charge in [0.1, 0.15) is 0 Å². The normalized spacial score (nSPS) is 19.0. The van der Waals surface area contributed by atoms with Gasteiger partial charge in [-0.05, 0) is 18.4 Å². The van der Waals surface area contributed by atoms with Crippen LogP contribution in [0.3, 0.4) is 0 Å². The van der Waals surface area contributed by atoms with Gasteiger partial charge >= 0.3 is 0 Å². The number of methoxy groups -OCH3 is 1. The Labute approximate surface area is 146 Å². The number of nitrogens with one attached hydrogen (secondary N) is 1. The van der Waals surface area contributed by atoms with Crippen molar-refractivity contribution in [3.05, 3.63) is 35.9 Å². The second kappa shape index (κ2) is 9.77. The third-order valence-corrected chi connectivity index (χ3v) is 4.90. The molecule has 0 saturated carbocycles. The first-order valence-corrected chi connectivity index (χ1v) is 8.89. The summed E-state index contributed by atoms with van der Waals surface area (Å²) in [6.45, 7) is 10.5. The van der Waals surface area contributed by atoms with Crippen LogP contribution in [-0.4, -0.2) is 74.7 Å². The van der Waals surface area contributed by atoms with Gasteiger partial charge in [0.2, 0.25) is 5.91 Å². The Kier molecular flexibility index (Phi) is 7.69. The van der Waals surface area contributed by atoms with Crippen molar-refractivity contribution in [2.24, 2.45) is 0 Å². The Balaban J connectivity index is 1.72. The molecule has 1 saturated heterocycles. The summed E-state index contributed by atoms with van der Waals surface area (Å²) < 4.78 is 5.13. The number of benzene rings is 1. The average molecular weight is 333 g/mol. The first-order chi connectivity index (χ1) is 11.6. The van der Waals surface area contributed by atoms with E-state index in [1.165, 1.54) is 5.56 Å². The van der Waals surface area contributed by atoms with Crippen LogP contribution in [0, 0.1) is 0 Å². The molecular formula is C19H31N3O2. The van der Waals surface area contributed by atoms with Crippen LogP contribution in [-0.2, 0) is 9.53 Å². The van der Waals surface area contributed by atoms with Gasteiger partial charge in [-0.2, -0.15) is 0 Å². The summed E-state index contributed by atoms with van der Waals surface area (Å²) in [6.07, 6.45) is 0. The molecule has 134 valence electrons. The zero-order chi connectivity index (χ0) is 17.4. The maximum absolute atomic E-state index is 12.4. The van der Waals surface area contributed by atoms with Gasteiger partial charge in [-0.15, -0.1) is 0 Å². The summed E-state index contributed by atoms with van der Waals surface area (Å²) in [5.41, 5.74) is 1.26. The maximum Gasteiger partial charge on any atom is 0.237 e. The number of hydrogen-bond donors (Lipinski definition) is 1. The van der Waals surface area contributed by atoms with E-state index in [4.69, 9.17) is 4.74 Å². The standard InChI is InChI=1S/C19H31N3O2/c1-16(18-7-5-4-6-8-18)15-20-19(23)17(2)22-11-9-21(10-12-22)13-14-24-3/h4-8,16-17H,9-15H2,1-3H3,(H,20,23)/t16-,17-/m1/s1. The van der Waals surface area contributed by atoms with Gasteiger partial charge in [-0.3, -0.25) is 14.6 Å². The summed E-state index contributed by atoms with van der Waals surface area (Å²) in [5, 5.41) is 3.11. The van der Waals surface area contributed by atoms with Crippen molar-refractivity contribution in [3.63, 3.8) is 0 Å². The fourth-order valence-electron chi connectivity index (χ4n) is 3.06. The zero-order valence-corrected chi connectivity index (χ0v) is 15.2. The summed E-state index contributed by atoms with van der Waals surface area (Å²) >= 11 is 0. The van der Waals surface area contributed by atoms with E-state index in [2.05, 4.69) is 34.2 Å². The monoisotopic (exact) mass is 333 g/mol. The molecule has 0 bridgehead atoms. The van der Waals surface area contributed by atoms with Crippen LogP contribution in [0.25, 0.3) is 0 Å². The second-order valence-corrected chi connectivity index (χ2v) is 6.60. The van der Waals surface area contributed by atoms with Crippen molar-refractivity contribution in [2.45, 2.75) is 25.8 Å². The van der Waals surface area contributed by atoms with Crippen molar-refractivity contribution in [1.29, 1.82) is 0 Å². The lowest BCUT2D eigenvalue weighted by molar-refractivity contribution is -0.126. The molecule has 1 aliphatic rings. The van der Waals surface area contributed by atoms with Gasteiger partial charge < -0.3 is 10.1 Å². The van der Waals surface area contributed by atoms with E-state index >= 15 is 0 Å². The van der Waals surface area contributed by atoms with Crippen molar-refractivity contribution in [1.82, 2.24) is 15.1 Å². The number of hydrogen-bond acceptors (Lipinski definition) is 4. The summed E-state index contributed by atoms with van der Waals surface area (Å²) in [6, 6.07) is 10.2. The molecule has 5 heteroatoms. The number of amides is 1. The zero-order valence-electron chi connectivity index (χ0n) is 15.2. The molecule has 0 aliphatic carbocycles. The highest BCUT2D eigenvalue weighted by molar-refractivity contribution is 5.81. The van der Waals surface area contributed by atoms with Crippen LogP contribution in [0.4, 0.5) is 0 Å². The first kappa shape index (κ1) is 18.9. The highest BCUT2D eigenvalue weighted by atomic mass is 16.5. The largest absolute Gasteiger partial charge is 0.383 e. The minimum Gasteiger partial charge on any atom is -0.383 e. The molecule has 1 aliphatic heterocycles. The number of piperazine rings is 1. The van der Waals surface area contributed by atoms with Crippen LogP contribution in [0.5, 0.6) is 0 Å². The van der Waals surface area contributed by atoms with Crippen molar-refractivity contribution in [3.8, 4) is 0 Å². The van der Waals surface area contributed by atoms with E-state index < -0.39 is 0 Å². The Hall–Kier alpha value is -1.43. The number of ether oxygens (including phenoxy) is 1. The lowest BCUT2D eigenvalue weighted by atomic mass is 10.0. The SMILES string of the molecule is COCCN1CCN([C@H](C)C(=O)NC[C@@H](C)c2ccccc2)CC1. The molecule has 0 spiro atoms. The predicted octanol–water partition coefficient (Wildman–Crippen LogP) is 1.56. The number of nitrogens with zero attached hydrogens (tertiary/aromatic N) is 2. The molecule has 0 aromatic heterocycles. The summed E-state index contributed by atoms with van der Waals surface area (Å²) in [5.74, 6) is 0.455. The van der Waals surface area contributed by atoms with E-state index in [0.717, 1.165) is 39.3 Å². The third-order valence-electron chi connectivity index (χ3n) is 4.90. The summed E-state index contributed by atoms with van der Waals surface area (Å²) in [7, 11) is 1.74. The van der Waals surface area contributed by atoms with Gasteiger partial charge in [0.15, 0.2) is 0 Å². The van der Waals surface area contributed by atoms with Gasteiger partial charge in [0.05, 0.1) is 12.6 Å². The van der Waals surface area contributed by atoms with Crippen LogP contribution in [0.1, 0.15) is 25.3 Å². The smallest absolute Gasteiger partial charge is 0.237 e. The first-order valence-electron chi connectivity index (χ1n) is 8.89. The quantitative estimate of drug-likeness (QED) is 0.784. The highest BCUT2D eigenvalue weighted by Gasteiger charge is 2.25. The van der Waals surface area contributed by atoms with E-state index in [0.29, 0.717) is 12.5 Å². The Bertz CT molecular complexity index is 487. The lowest BCUT2D eigenvalue weighted by Crippen LogP contribution is -2.54. The molecule has 2 atom stereocenters. The molecule has 0 radical (unpaired) electrons. The molecule has 1 N–H and O–H groups in total. The van der Waals surface area contributed by atoms with Gasteiger partial charge in [-0.1, -0.05) is 37.3 Å². The molecule has 1 aromatic carbocycles. The molecular weight excluding hydrogens is 302 g/mol. The molecule has 1 heterocycles. The van der Waals surface area contributed by atoms with Crippen LogP contribution in [0.15, 0.2) is 30.3 Å². The lowest BCUT2D eigenvalue weighted by Gasteiger charge is -2.37. The Morgan fingerprint density at radius 3 is 2.46 bits per heavy atom. The van der Waals surface area contributed by atoms with E-state index in [1.54, 1.807) is 7.11 Å². The van der Waals surface area contributed by atoms with Crippen LogP contribution >= 0.6 is 0 Å². The minimum absolute atomic E-state index is 0.0717. The third kappa shape index (κ3) is 5.58. The molecule has 1 amide bonds. The number of carbonyl (C=O) groups excluding carboxylic acids is 1. The summed E-state index contributed by atoms with van der Waals surface area (Å²) in [4.78, 5) is 17.1. The topological polar surface area (TPSA) is 44.8 Å². The van der Waals surface area contributed by atoms with E-state index in [9.17, 15) is 4.79 Å². The molecule has 5 nitrogen and oxygen atoms in total. The van der Waals surface area contributed by atoms with Crippen LogP contribution < -0.4 is 5.32 Å². The van der Waals surface area contributed by atoms with Gasteiger partial charge in [-0.25, -0.2) is 0 Å². The van der Waals surface area contributed by atoms with E-state index in [-0.39, 0.29) is 11.9 Å². The molecule has 1 fully saturated rings. The molecule has 2 rings (SSSR count). The number of rotatable bonds is 8. The second-order valence-electron chi connectivity index (χ2n) is 6.60. The van der Waals surface area contributed by atoms with Gasteiger partial charge in [0, 0.05) is 46.4 Å². The van der Waals surface area contributed by atoms with Crippen molar-refractivity contribution in [2.75, 3.05) is 53.0 Å². The maximum atomic E-state index is 12.4. The molecule has 24 heavy (non-hydrogen) atoms. The van der Waals surface area contributed by atoms with Crippen molar-refractivity contribution < 1.29 is 9.53 Å². The van der Waals surface area contributed by atoms with E-state index in [1.807, 2.05) is 25.1 Å². The highest BCUT2D eigenvalue weighted by Crippen LogP contribution is 2.13.